The number of hydrogen-bond acceptors (Lipinski definition) is 4. The van der Waals surface area contributed by atoms with E-state index in [4.69, 9.17) is 21.2 Å². The molecule has 0 spiro atoms. The molecule has 0 saturated carbocycles. The first kappa shape index (κ1) is 14.1. The highest BCUT2D eigenvalue weighted by atomic mass is 35.5. The molecule has 3 rings (SSSR count). The van der Waals surface area contributed by atoms with Crippen LogP contribution in [0.2, 0.25) is 5.02 Å². The number of rotatable bonds is 4. The first-order valence-corrected chi connectivity index (χ1v) is 7.22. The minimum Gasteiger partial charge on any atom is -0.476 e. The van der Waals surface area contributed by atoms with Gasteiger partial charge in [0.15, 0.2) is 11.5 Å². The number of nitrogens with zero attached hydrogens (tertiary/aromatic N) is 2. The SMILES string of the molecule is O=C(O)c1cc(-c2ccc(CN3CCCC3)c(Cl)c2)on1. The molecular weight excluding hydrogens is 292 g/mol. The average Bonchev–Trinajstić information content (AvgIpc) is 3.12. The van der Waals surface area contributed by atoms with E-state index in [0.717, 1.165) is 30.8 Å². The van der Waals surface area contributed by atoms with Crippen LogP contribution < -0.4 is 0 Å². The van der Waals surface area contributed by atoms with Crippen LogP contribution >= 0.6 is 11.6 Å². The summed E-state index contributed by atoms with van der Waals surface area (Å²) < 4.78 is 5.04. The van der Waals surface area contributed by atoms with E-state index in [1.54, 1.807) is 6.07 Å². The van der Waals surface area contributed by atoms with Crippen molar-refractivity contribution >= 4 is 17.6 Å². The maximum absolute atomic E-state index is 10.8. The van der Waals surface area contributed by atoms with Gasteiger partial charge in [0.25, 0.3) is 0 Å². The van der Waals surface area contributed by atoms with Crippen LogP contribution in [0.4, 0.5) is 0 Å². The number of halogens is 1. The summed E-state index contributed by atoms with van der Waals surface area (Å²) in [4.78, 5) is 13.2. The van der Waals surface area contributed by atoms with Crippen molar-refractivity contribution in [3.63, 3.8) is 0 Å². The Morgan fingerprint density at radius 3 is 2.71 bits per heavy atom. The molecule has 0 amide bonds. The van der Waals surface area contributed by atoms with E-state index in [1.807, 2.05) is 12.1 Å². The van der Waals surface area contributed by atoms with E-state index in [-0.39, 0.29) is 5.69 Å². The summed E-state index contributed by atoms with van der Waals surface area (Å²) in [5.74, 6) is -0.705. The third kappa shape index (κ3) is 3.09. The fourth-order valence-electron chi connectivity index (χ4n) is 2.52. The number of carbonyl (C=O) groups is 1. The minimum atomic E-state index is -1.11. The normalized spacial score (nSPS) is 15.5. The molecule has 21 heavy (non-hydrogen) atoms. The Hall–Kier alpha value is -1.85. The Labute approximate surface area is 127 Å². The van der Waals surface area contributed by atoms with Crippen LogP contribution in [0.25, 0.3) is 11.3 Å². The van der Waals surface area contributed by atoms with Gasteiger partial charge in [0, 0.05) is 23.2 Å². The van der Waals surface area contributed by atoms with Gasteiger partial charge in [0.05, 0.1) is 0 Å². The monoisotopic (exact) mass is 306 g/mol. The van der Waals surface area contributed by atoms with Gasteiger partial charge in [-0.25, -0.2) is 4.79 Å². The zero-order chi connectivity index (χ0) is 14.8. The van der Waals surface area contributed by atoms with Gasteiger partial charge in [-0.3, -0.25) is 4.90 Å². The standard InChI is InChI=1S/C15H15ClN2O3/c16-12-7-10(14-8-13(15(19)20)17-21-14)3-4-11(12)9-18-5-1-2-6-18/h3-4,7-8H,1-2,5-6,9H2,(H,19,20). The molecule has 2 heterocycles. The molecule has 0 atom stereocenters. The topological polar surface area (TPSA) is 66.6 Å². The molecule has 0 bridgehead atoms. The lowest BCUT2D eigenvalue weighted by atomic mass is 10.1. The summed E-state index contributed by atoms with van der Waals surface area (Å²) in [6.07, 6.45) is 2.48. The fraction of sp³-hybridized carbons (Fsp3) is 0.333. The lowest BCUT2D eigenvalue weighted by molar-refractivity contribution is 0.0686. The van der Waals surface area contributed by atoms with Crippen LogP contribution in [0.15, 0.2) is 28.8 Å². The summed E-state index contributed by atoms with van der Waals surface area (Å²) >= 11 is 6.32. The van der Waals surface area contributed by atoms with Gasteiger partial charge in [-0.1, -0.05) is 28.9 Å². The highest BCUT2D eigenvalue weighted by Crippen LogP contribution is 2.27. The van der Waals surface area contributed by atoms with E-state index in [2.05, 4.69) is 10.1 Å². The summed E-state index contributed by atoms with van der Waals surface area (Å²) in [6.45, 7) is 3.07. The maximum Gasteiger partial charge on any atom is 0.358 e. The zero-order valence-electron chi connectivity index (χ0n) is 11.4. The third-order valence-electron chi connectivity index (χ3n) is 3.66. The van der Waals surface area contributed by atoms with Crippen LogP contribution in [-0.2, 0) is 6.54 Å². The Balaban J connectivity index is 1.80. The summed E-state index contributed by atoms with van der Waals surface area (Å²) in [5, 5.41) is 13.0. The van der Waals surface area contributed by atoms with Crippen molar-refractivity contribution in [3.8, 4) is 11.3 Å². The molecule has 0 unspecified atom stereocenters. The maximum atomic E-state index is 10.8. The molecule has 110 valence electrons. The number of aromatic carboxylic acids is 1. The van der Waals surface area contributed by atoms with E-state index in [9.17, 15) is 4.79 Å². The van der Waals surface area contributed by atoms with Crippen LogP contribution in [0.1, 0.15) is 28.9 Å². The Kier molecular flexibility index (Phi) is 3.94. The first-order chi connectivity index (χ1) is 10.1. The lowest BCUT2D eigenvalue weighted by Crippen LogP contribution is -2.18. The smallest absolute Gasteiger partial charge is 0.358 e. The Morgan fingerprint density at radius 1 is 1.33 bits per heavy atom. The van der Waals surface area contributed by atoms with Crippen molar-refractivity contribution in [1.82, 2.24) is 10.1 Å². The van der Waals surface area contributed by atoms with Crippen molar-refractivity contribution in [3.05, 3.63) is 40.5 Å². The first-order valence-electron chi connectivity index (χ1n) is 6.84. The lowest BCUT2D eigenvalue weighted by Gasteiger charge is -2.15. The second kappa shape index (κ2) is 5.87. The molecular formula is C15H15ClN2O3. The van der Waals surface area contributed by atoms with Crippen molar-refractivity contribution < 1.29 is 14.4 Å². The predicted octanol–water partition coefficient (Wildman–Crippen LogP) is 3.29. The largest absolute Gasteiger partial charge is 0.476 e. The van der Waals surface area contributed by atoms with Crippen LogP contribution in [0.5, 0.6) is 0 Å². The molecule has 5 nitrogen and oxygen atoms in total. The van der Waals surface area contributed by atoms with Gasteiger partial charge in [-0.15, -0.1) is 0 Å². The van der Waals surface area contributed by atoms with E-state index in [1.165, 1.54) is 18.9 Å². The van der Waals surface area contributed by atoms with Crippen LogP contribution in [-0.4, -0.2) is 34.2 Å². The van der Waals surface area contributed by atoms with E-state index >= 15 is 0 Å². The highest BCUT2D eigenvalue weighted by Gasteiger charge is 2.16. The van der Waals surface area contributed by atoms with Crippen molar-refractivity contribution in [2.45, 2.75) is 19.4 Å². The molecule has 1 aliphatic rings. The van der Waals surface area contributed by atoms with Gasteiger partial charge in [0.2, 0.25) is 0 Å². The average molecular weight is 307 g/mol. The van der Waals surface area contributed by atoms with Crippen molar-refractivity contribution in [2.75, 3.05) is 13.1 Å². The summed E-state index contributed by atoms with van der Waals surface area (Å²) in [7, 11) is 0. The van der Waals surface area contributed by atoms with E-state index < -0.39 is 5.97 Å². The fourth-order valence-corrected chi connectivity index (χ4v) is 2.76. The van der Waals surface area contributed by atoms with Crippen molar-refractivity contribution in [1.29, 1.82) is 0 Å². The summed E-state index contributed by atoms with van der Waals surface area (Å²) in [6, 6.07) is 7.02. The minimum absolute atomic E-state index is 0.109. The number of aromatic nitrogens is 1. The molecule has 1 saturated heterocycles. The number of carboxylic acids is 1. The molecule has 1 aromatic heterocycles. The molecule has 0 aliphatic carbocycles. The molecule has 2 aromatic rings. The highest BCUT2D eigenvalue weighted by molar-refractivity contribution is 6.31. The van der Waals surface area contributed by atoms with Gasteiger partial charge >= 0.3 is 5.97 Å². The number of hydrogen-bond donors (Lipinski definition) is 1. The second-order valence-corrected chi connectivity index (χ2v) is 5.58. The van der Waals surface area contributed by atoms with Gasteiger partial charge < -0.3 is 9.63 Å². The van der Waals surface area contributed by atoms with Crippen LogP contribution in [0.3, 0.4) is 0 Å². The van der Waals surface area contributed by atoms with Gasteiger partial charge in [-0.2, -0.15) is 0 Å². The Morgan fingerprint density at radius 2 is 2.10 bits per heavy atom. The zero-order valence-corrected chi connectivity index (χ0v) is 12.1. The number of benzene rings is 1. The Bertz CT molecular complexity index is 663. The second-order valence-electron chi connectivity index (χ2n) is 5.17. The molecule has 1 N–H and O–H groups in total. The number of carboxylic acid groups (broad SMARTS) is 1. The molecule has 6 heteroatoms. The molecule has 1 fully saturated rings. The molecule has 0 radical (unpaired) electrons. The quantitative estimate of drug-likeness (QED) is 0.939. The third-order valence-corrected chi connectivity index (χ3v) is 4.01. The van der Waals surface area contributed by atoms with E-state index in [0.29, 0.717) is 10.8 Å². The van der Waals surface area contributed by atoms with Gasteiger partial charge in [0.1, 0.15) is 0 Å². The number of likely N-dealkylation sites (tertiary alicyclic amines) is 1. The van der Waals surface area contributed by atoms with Crippen LogP contribution in [0, 0.1) is 0 Å². The molecule has 1 aromatic carbocycles. The molecule has 1 aliphatic heterocycles. The van der Waals surface area contributed by atoms with Crippen molar-refractivity contribution in [2.24, 2.45) is 0 Å². The summed E-state index contributed by atoms with van der Waals surface area (Å²) in [5.41, 5.74) is 1.69. The predicted molar refractivity (Wildman–Crippen MR) is 78.4 cm³/mol. The van der Waals surface area contributed by atoms with Gasteiger partial charge in [-0.05, 0) is 37.6 Å².